The smallest absolute Gasteiger partial charge is 0.244 e. The van der Waals surface area contributed by atoms with Gasteiger partial charge in [0, 0.05) is 18.8 Å². The van der Waals surface area contributed by atoms with Crippen LogP contribution in [-0.2, 0) is 16.0 Å². The summed E-state index contributed by atoms with van der Waals surface area (Å²) in [5.41, 5.74) is 6.09. The van der Waals surface area contributed by atoms with Crippen LogP contribution in [0.3, 0.4) is 0 Å². The highest BCUT2D eigenvalue weighted by Gasteiger charge is 2.36. The minimum absolute atomic E-state index is 0.222. The van der Waals surface area contributed by atoms with Crippen LogP contribution < -0.4 is 11.1 Å². The third-order valence-electron chi connectivity index (χ3n) is 4.48. The average Bonchev–Trinajstić information content (AvgIpc) is 3.11. The predicted octanol–water partition coefficient (Wildman–Crippen LogP) is 2.68. The summed E-state index contributed by atoms with van der Waals surface area (Å²) in [6, 6.07) is 12.1. The van der Waals surface area contributed by atoms with Crippen LogP contribution in [0.1, 0.15) is 48.8 Å². The quantitative estimate of drug-likeness (QED) is 0.820. The Labute approximate surface area is 141 Å². The Morgan fingerprint density at radius 3 is 2.58 bits per heavy atom. The molecular formula is C19H22N2O3. The summed E-state index contributed by atoms with van der Waals surface area (Å²) in [5, 5.41) is 2.70. The largest absolute Gasteiger partial charge is 0.466 e. The second kappa shape index (κ2) is 6.91. The van der Waals surface area contributed by atoms with Gasteiger partial charge in [0.05, 0.1) is 0 Å². The lowest BCUT2D eigenvalue weighted by Crippen LogP contribution is -2.37. The van der Waals surface area contributed by atoms with Crippen molar-refractivity contribution in [2.75, 3.05) is 0 Å². The summed E-state index contributed by atoms with van der Waals surface area (Å²) in [6.45, 7) is 2.20. The Hall–Kier alpha value is -2.56. The van der Waals surface area contributed by atoms with E-state index >= 15 is 0 Å². The van der Waals surface area contributed by atoms with Crippen LogP contribution in [0, 0.1) is 5.92 Å². The van der Waals surface area contributed by atoms with Gasteiger partial charge >= 0.3 is 0 Å². The maximum Gasteiger partial charge on any atom is 0.244 e. The average molecular weight is 326 g/mol. The fourth-order valence-electron chi connectivity index (χ4n) is 2.88. The molecule has 3 atom stereocenters. The molecule has 5 nitrogen and oxygen atoms in total. The molecule has 0 saturated heterocycles. The minimum Gasteiger partial charge on any atom is -0.466 e. The summed E-state index contributed by atoms with van der Waals surface area (Å²) in [4.78, 5) is 23.8. The number of furan rings is 1. The summed E-state index contributed by atoms with van der Waals surface area (Å²) in [5.74, 6) is 2.24. The van der Waals surface area contributed by atoms with Crippen molar-refractivity contribution in [1.29, 1.82) is 0 Å². The zero-order chi connectivity index (χ0) is 17.1. The number of hydrogen-bond donors (Lipinski definition) is 2. The van der Waals surface area contributed by atoms with Crippen LogP contribution in [0.5, 0.6) is 0 Å². The Balaban J connectivity index is 1.54. The van der Waals surface area contributed by atoms with E-state index in [9.17, 15) is 9.59 Å². The van der Waals surface area contributed by atoms with E-state index < -0.39 is 11.9 Å². The standard InChI is InChI=1S/C19H22N2O3/c1-12-11-15(12)16-9-7-14(24-16)8-10-17(22)21-18(19(20)23)13-5-3-2-4-6-13/h2-7,9,12,15,18H,8,10-11H2,1H3,(H2,20,23)(H,21,22)/t12-,15-,18-/m1/s1. The van der Waals surface area contributed by atoms with Gasteiger partial charge in [-0.2, -0.15) is 0 Å². The van der Waals surface area contributed by atoms with Crippen LogP contribution in [0.4, 0.5) is 0 Å². The SMILES string of the molecule is C[C@@H]1C[C@H]1c1ccc(CCC(=O)N[C@@H](C(N)=O)c2ccccc2)o1. The van der Waals surface area contributed by atoms with Crippen molar-refractivity contribution in [3.63, 3.8) is 0 Å². The van der Waals surface area contributed by atoms with Gasteiger partial charge < -0.3 is 15.5 Å². The van der Waals surface area contributed by atoms with Gasteiger partial charge in [-0.1, -0.05) is 37.3 Å². The van der Waals surface area contributed by atoms with E-state index in [0.717, 1.165) is 11.5 Å². The summed E-state index contributed by atoms with van der Waals surface area (Å²) in [7, 11) is 0. The lowest BCUT2D eigenvalue weighted by atomic mass is 10.1. The van der Waals surface area contributed by atoms with Gasteiger partial charge in [-0.3, -0.25) is 9.59 Å². The summed E-state index contributed by atoms with van der Waals surface area (Å²) >= 11 is 0. The Kier molecular flexibility index (Phi) is 4.69. The Morgan fingerprint density at radius 1 is 1.25 bits per heavy atom. The van der Waals surface area contributed by atoms with E-state index in [2.05, 4.69) is 12.2 Å². The molecule has 1 saturated carbocycles. The van der Waals surface area contributed by atoms with Crippen molar-refractivity contribution in [2.45, 2.75) is 38.1 Å². The zero-order valence-corrected chi connectivity index (χ0v) is 13.7. The molecule has 0 unspecified atom stereocenters. The monoisotopic (exact) mass is 326 g/mol. The molecule has 5 heteroatoms. The summed E-state index contributed by atoms with van der Waals surface area (Å²) in [6.07, 6.45) is 1.93. The van der Waals surface area contributed by atoms with E-state index in [1.54, 1.807) is 24.3 Å². The first-order chi connectivity index (χ1) is 11.5. The Bertz CT molecular complexity index is 723. The highest BCUT2D eigenvalue weighted by molar-refractivity contribution is 5.87. The molecule has 24 heavy (non-hydrogen) atoms. The number of nitrogens with two attached hydrogens (primary N) is 1. The maximum absolute atomic E-state index is 12.1. The van der Waals surface area contributed by atoms with Crippen molar-refractivity contribution >= 4 is 11.8 Å². The minimum atomic E-state index is -0.807. The topological polar surface area (TPSA) is 85.3 Å². The van der Waals surface area contributed by atoms with Crippen molar-refractivity contribution in [3.8, 4) is 0 Å². The number of nitrogens with one attached hydrogen (secondary N) is 1. The van der Waals surface area contributed by atoms with E-state index in [1.165, 1.54) is 6.42 Å². The second-order valence-corrected chi connectivity index (χ2v) is 6.44. The maximum atomic E-state index is 12.1. The van der Waals surface area contributed by atoms with Gasteiger partial charge in [-0.25, -0.2) is 0 Å². The molecule has 0 radical (unpaired) electrons. The first kappa shape index (κ1) is 16.3. The number of primary amides is 1. The van der Waals surface area contributed by atoms with E-state index in [0.29, 0.717) is 23.8 Å². The van der Waals surface area contributed by atoms with Crippen molar-refractivity contribution in [2.24, 2.45) is 11.7 Å². The first-order valence-corrected chi connectivity index (χ1v) is 8.27. The van der Waals surface area contributed by atoms with Crippen LogP contribution in [-0.4, -0.2) is 11.8 Å². The number of carbonyl (C=O) groups is 2. The molecule has 1 aliphatic rings. The molecule has 2 amide bonds. The lowest BCUT2D eigenvalue weighted by Gasteiger charge is -2.15. The molecule has 1 aliphatic carbocycles. The molecule has 3 N–H and O–H groups in total. The van der Waals surface area contributed by atoms with Gasteiger partial charge in [0.2, 0.25) is 11.8 Å². The van der Waals surface area contributed by atoms with Gasteiger partial charge in [0.15, 0.2) is 0 Å². The zero-order valence-electron chi connectivity index (χ0n) is 13.7. The van der Waals surface area contributed by atoms with Crippen LogP contribution >= 0.6 is 0 Å². The molecule has 0 bridgehead atoms. The lowest BCUT2D eigenvalue weighted by molar-refractivity contribution is -0.127. The van der Waals surface area contributed by atoms with Gasteiger partial charge in [0.1, 0.15) is 17.6 Å². The van der Waals surface area contributed by atoms with E-state index in [4.69, 9.17) is 10.2 Å². The molecule has 126 valence electrons. The molecule has 1 heterocycles. The van der Waals surface area contributed by atoms with E-state index in [-0.39, 0.29) is 12.3 Å². The fourth-order valence-corrected chi connectivity index (χ4v) is 2.88. The van der Waals surface area contributed by atoms with Crippen molar-refractivity contribution in [3.05, 3.63) is 59.5 Å². The van der Waals surface area contributed by atoms with Gasteiger partial charge in [-0.05, 0) is 30.0 Å². The number of rotatable bonds is 7. The van der Waals surface area contributed by atoms with Crippen molar-refractivity contribution in [1.82, 2.24) is 5.32 Å². The predicted molar refractivity (Wildman–Crippen MR) is 90.1 cm³/mol. The molecule has 1 fully saturated rings. The Morgan fingerprint density at radius 2 is 1.96 bits per heavy atom. The normalized spacial score (nSPS) is 20.4. The first-order valence-electron chi connectivity index (χ1n) is 8.27. The summed E-state index contributed by atoms with van der Waals surface area (Å²) < 4.78 is 5.79. The third-order valence-corrected chi connectivity index (χ3v) is 4.48. The molecule has 3 rings (SSSR count). The molecular weight excluding hydrogens is 304 g/mol. The highest BCUT2D eigenvalue weighted by Crippen LogP contribution is 2.47. The van der Waals surface area contributed by atoms with Gasteiger partial charge in [-0.15, -0.1) is 0 Å². The van der Waals surface area contributed by atoms with Crippen LogP contribution in [0.2, 0.25) is 0 Å². The number of amides is 2. The van der Waals surface area contributed by atoms with Gasteiger partial charge in [0.25, 0.3) is 0 Å². The van der Waals surface area contributed by atoms with E-state index in [1.807, 2.05) is 18.2 Å². The molecule has 0 spiro atoms. The van der Waals surface area contributed by atoms with Crippen molar-refractivity contribution < 1.29 is 14.0 Å². The van der Waals surface area contributed by atoms with Crippen LogP contribution in [0.15, 0.2) is 46.9 Å². The number of benzene rings is 1. The van der Waals surface area contributed by atoms with Crippen LogP contribution in [0.25, 0.3) is 0 Å². The molecule has 0 aliphatic heterocycles. The number of aryl methyl sites for hydroxylation is 1. The molecule has 2 aromatic rings. The third kappa shape index (κ3) is 3.85. The molecule has 1 aromatic carbocycles. The molecule has 1 aromatic heterocycles. The number of carbonyl (C=O) groups excluding carboxylic acids is 2. The second-order valence-electron chi connectivity index (χ2n) is 6.44. The number of hydrogen-bond acceptors (Lipinski definition) is 3. The fraction of sp³-hybridized carbons (Fsp3) is 0.368. The highest BCUT2D eigenvalue weighted by atomic mass is 16.3.